The van der Waals surface area contributed by atoms with Crippen LogP contribution < -0.4 is 15.0 Å². The quantitative estimate of drug-likeness (QED) is 0.515. The Hall–Kier alpha value is -2.84. The number of likely N-dealkylation sites (tertiary alicyclic amines) is 1. The maximum Gasteiger partial charge on any atom is 0.316 e. The van der Waals surface area contributed by atoms with Crippen molar-refractivity contribution in [3.63, 3.8) is 0 Å². The maximum atomic E-state index is 15.0. The molecule has 0 aliphatic carbocycles. The van der Waals surface area contributed by atoms with E-state index in [1.807, 2.05) is 18.2 Å². The molecular formula is C30H35F2N5O. The number of likely N-dealkylation sites (N-methyl/N-ethyl adjacent to an activating group) is 1. The average molecular weight is 520 g/mol. The molecule has 38 heavy (non-hydrogen) atoms. The molecule has 2 bridgehead atoms. The van der Waals surface area contributed by atoms with E-state index in [0.29, 0.717) is 66.2 Å². The molecule has 7 rings (SSSR count). The summed E-state index contributed by atoms with van der Waals surface area (Å²) in [5.41, 5.74) is 4.04. The van der Waals surface area contributed by atoms with Crippen LogP contribution in [0.1, 0.15) is 61.4 Å². The molecule has 2 aromatic carbocycles. The third-order valence-electron chi connectivity index (χ3n) is 9.27. The van der Waals surface area contributed by atoms with Crippen LogP contribution >= 0.6 is 0 Å². The zero-order valence-electron chi connectivity index (χ0n) is 21.9. The number of halogens is 2. The van der Waals surface area contributed by atoms with E-state index < -0.39 is 11.6 Å². The van der Waals surface area contributed by atoms with Crippen molar-refractivity contribution in [3.8, 4) is 6.01 Å². The van der Waals surface area contributed by atoms with Crippen molar-refractivity contribution in [2.24, 2.45) is 0 Å². The Morgan fingerprint density at radius 3 is 2.66 bits per heavy atom. The van der Waals surface area contributed by atoms with Gasteiger partial charge in [0.2, 0.25) is 0 Å². The van der Waals surface area contributed by atoms with Crippen molar-refractivity contribution < 1.29 is 13.5 Å². The first-order valence-electron chi connectivity index (χ1n) is 14.1. The number of anilines is 1. The zero-order chi connectivity index (χ0) is 25.8. The van der Waals surface area contributed by atoms with Crippen LogP contribution in [0, 0.1) is 11.6 Å². The summed E-state index contributed by atoms with van der Waals surface area (Å²) in [6, 6.07) is 10.4. The van der Waals surface area contributed by atoms with Gasteiger partial charge in [0.25, 0.3) is 0 Å². The lowest BCUT2D eigenvalue weighted by Crippen LogP contribution is -2.39. The van der Waals surface area contributed by atoms with Crippen molar-refractivity contribution in [3.05, 3.63) is 58.9 Å². The van der Waals surface area contributed by atoms with Crippen molar-refractivity contribution in [1.82, 2.24) is 20.2 Å². The van der Waals surface area contributed by atoms with Crippen LogP contribution in [0.25, 0.3) is 10.8 Å². The lowest BCUT2D eigenvalue weighted by molar-refractivity contribution is 0.186. The van der Waals surface area contributed by atoms with Gasteiger partial charge in [-0.25, -0.2) is 8.78 Å². The standard InChI is InChI=1S/C30H35F2N5O/c1-36-12-3-5-22(36)17-38-30-34-25-16-37(26-6-2-4-18-7-10-24(31)28(32)27(18)26)13-11-23(25)29(35-30)19-14-20-8-9-21(15-19)33-20/h2,4,6-7,10,19-22,33H,3,5,8-9,11-17H2,1H3/t19-,20-,21+,22-/m0/s1. The molecule has 3 saturated heterocycles. The first-order chi connectivity index (χ1) is 18.5. The Labute approximate surface area is 222 Å². The predicted molar refractivity (Wildman–Crippen MR) is 144 cm³/mol. The van der Waals surface area contributed by atoms with Gasteiger partial charge in [0, 0.05) is 41.7 Å². The van der Waals surface area contributed by atoms with Crippen LogP contribution in [0.15, 0.2) is 30.3 Å². The topological polar surface area (TPSA) is 53.5 Å². The van der Waals surface area contributed by atoms with E-state index in [1.54, 1.807) is 6.07 Å². The van der Waals surface area contributed by atoms with Crippen LogP contribution in [-0.2, 0) is 13.0 Å². The highest BCUT2D eigenvalue weighted by Gasteiger charge is 2.37. The molecule has 200 valence electrons. The van der Waals surface area contributed by atoms with Crippen molar-refractivity contribution in [2.45, 2.75) is 75.5 Å². The molecule has 4 aliphatic rings. The molecule has 3 fully saturated rings. The van der Waals surface area contributed by atoms with Gasteiger partial charge < -0.3 is 19.9 Å². The normalized spacial score (nSPS) is 27.2. The van der Waals surface area contributed by atoms with Crippen molar-refractivity contribution >= 4 is 16.5 Å². The van der Waals surface area contributed by atoms with Crippen LogP contribution in [-0.4, -0.2) is 59.7 Å². The van der Waals surface area contributed by atoms with Gasteiger partial charge in [-0.05, 0) is 81.6 Å². The maximum absolute atomic E-state index is 15.0. The first kappa shape index (κ1) is 24.2. The molecule has 0 radical (unpaired) electrons. The minimum atomic E-state index is -0.819. The first-order valence-corrected chi connectivity index (χ1v) is 14.1. The summed E-state index contributed by atoms with van der Waals surface area (Å²) >= 11 is 0. The number of ether oxygens (including phenoxy) is 1. The fourth-order valence-electron chi connectivity index (χ4n) is 7.24. The summed E-state index contributed by atoms with van der Waals surface area (Å²) in [5.74, 6) is -1.21. The van der Waals surface area contributed by atoms with Gasteiger partial charge in [0.1, 0.15) is 6.61 Å². The number of rotatable bonds is 5. The van der Waals surface area contributed by atoms with Gasteiger partial charge in [-0.15, -0.1) is 0 Å². The summed E-state index contributed by atoms with van der Waals surface area (Å²) in [6.45, 7) is 2.92. The van der Waals surface area contributed by atoms with E-state index in [2.05, 4.69) is 22.2 Å². The van der Waals surface area contributed by atoms with Gasteiger partial charge in [0.15, 0.2) is 11.6 Å². The van der Waals surface area contributed by atoms with E-state index >= 15 is 0 Å². The van der Waals surface area contributed by atoms with Gasteiger partial charge >= 0.3 is 6.01 Å². The Morgan fingerprint density at radius 2 is 1.87 bits per heavy atom. The molecule has 0 amide bonds. The molecule has 4 aliphatic heterocycles. The largest absolute Gasteiger partial charge is 0.462 e. The third-order valence-corrected chi connectivity index (χ3v) is 9.27. The smallest absolute Gasteiger partial charge is 0.316 e. The fraction of sp³-hybridized carbons (Fsp3) is 0.533. The summed E-state index contributed by atoms with van der Waals surface area (Å²) in [4.78, 5) is 14.5. The molecule has 0 unspecified atom stereocenters. The molecule has 4 atom stereocenters. The minimum absolute atomic E-state index is 0.334. The molecular weight excluding hydrogens is 484 g/mol. The number of nitrogens with one attached hydrogen (secondary N) is 1. The number of hydrogen-bond acceptors (Lipinski definition) is 6. The predicted octanol–water partition coefficient (Wildman–Crippen LogP) is 4.94. The monoisotopic (exact) mass is 519 g/mol. The lowest BCUT2D eigenvalue weighted by Gasteiger charge is -2.35. The highest BCUT2D eigenvalue weighted by molar-refractivity contribution is 5.95. The highest BCUT2D eigenvalue weighted by Crippen LogP contribution is 2.41. The Kier molecular flexibility index (Phi) is 6.20. The molecule has 0 saturated carbocycles. The number of benzene rings is 2. The van der Waals surface area contributed by atoms with E-state index in [9.17, 15) is 8.78 Å². The molecule has 3 aromatic rings. The number of aromatic nitrogens is 2. The minimum Gasteiger partial charge on any atom is -0.462 e. The number of piperidine rings is 1. The van der Waals surface area contributed by atoms with E-state index in [1.165, 1.54) is 30.9 Å². The van der Waals surface area contributed by atoms with Crippen LogP contribution in [0.3, 0.4) is 0 Å². The van der Waals surface area contributed by atoms with Crippen LogP contribution in [0.4, 0.5) is 14.5 Å². The van der Waals surface area contributed by atoms with E-state index in [0.717, 1.165) is 43.6 Å². The Balaban J connectivity index is 1.24. The average Bonchev–Trinajstić information content (AvgIpc) is 3.51. The van der Waals surface area contributed by atoms with Gasteiger partial charge in [0.05, 0.1) is 17.9 Å². The molecule has 1 aromatic heterocycles. The Morgan fingerprint density at radius 1 is 1.03 bits per heavy atom. The van der Waals surface area contributed by atoms with Crippen LogP contribution in [0.2, 0.25) is 0 Å². The number of nitrogens with zero attached hydrogens (tertiary/aromatic N) is 4. The second-order valence-electron chi connectivity index (χ2n) is 11.6. The molecule has 1 N–H and O–H groups in total. The molecule has 6 nitrogen and oxygen atoms in total. The SMILES string of the molecule is CN1CCC[C@H]1COc1nc2c(c([C@@H]3C[C@H]4CC[C@@H](C3)N4)n1)CCN(c1cccc3ccc(F)c(F)c13)C2. The summed E-state index contributed by atoms with van der Waals surface area (Å²) in [6.07, 6.45) is 7.78. The van der Waals surface area contributed by atoms with Crippen LogP contribution in [0.5, 0.6) is 6.01 Å². The summed E-state index contributed by atoms with van der Waals surface area (Å²) in [7, 11) is 2.15. The summed E-state index contributed by atoms with van der Waals surface area (Å²) < 4.78 is 35.5. The molecule has 0 spiro atoms. The van der Waals surface area contributed by atoms with E-state index in [-0.39, 0.29) is 0 Å². The third kappa shape index (κ3) is 4.31. The Bertz CT molecular complexity index is 1350. The number of hydrogen-bond donors (Lipinski definition) is 1. The lowest BCUT2D eigenvalue weighted by atomic mass is 9.85. The van der Waals surface area contributed by atoms with Crippen molar-refractivity contribution in [1.29, 1.82) is 0 Å². The van der Waals surface area contributed by atoms with E-state index in [4.69, 9.17) is 14.7 Å². The summed E-state index contributed by atoms with van der Waals surface area (Å²) in [5, 5.41) is 4.79. The number of fused-ring (bicyclic) bond motifs is 4. The van der Waals surface area contributed by atoms with Crippen molar-refractivity contribution in [2.75, 3.05) is 31.6 Å². The zero-order valence-corrected chi connectivity index (χ0v) is 21.9. The highest BCUT2D eigenvalue weighted by atomic mass is 19.2. The van der Waals surface area contributed by atoms with Gasteiger partial charge in [-0.1, -0.05) is 18.2 Å². The second kappa shape index (κ2) is 9.72. The molecule has 8 heteroatoms. The van der Waals surface area contributed by atoms with Gasteiger partial charge in [-0.3, -0.25) is 0 Å². The molecule has 5 heterocycles. The second-order valence-corrected chi connectivity index (χ2v) is 11.6. The fourth-order valence-corrected chi connectivity index (χ4v) is 7.24. The van der Waals surface area contributed by atoms with Gasteiger partial charge in [-0.2, -0.15) is 9.97 Å².